The van der Waals surface area contributed by atoms with E-state index < -0.39 is 0 Å². The van der Waals surface area contributed by atoms with Crippen molar-refractivity contribution in [1.82, 2.24) is 4.98 Å². The third-order valence-corrected chi connectivity index (χ3v) is 2.24. The normalized spacial score (nSPS) is 15.4. The standard InChI is InChI=1S/C8H12N2.HI/c1-7-6-9-8-4-2-3-5-10(7)8;/h6H,2-5H2,1H3;1H. The average molecular weight is 264 g/mol. The van der Waals surface area contributed by atoms with E-state index in [-0.39, 0.29) is 24.0 Å². The zero-order valence-electron chi connectivity index (χ0n) is 6.73. The number of hydrogen-bond acceptors (Lipinski definition) is 0. The molecule has 11 heavy (non-hydrogen) atoms. The van der Waals surface area contributed by atoms with Crippen molar-refractivity contribution >= 4 is 0 Å². The highest BCUT2D eigenvalue weighted by molar-refractivity contribution is 4.89. The summed E-state index contributed by atoms with van der Waals surface area (Å²) < 4.78 is 2.38. The molecule has 0 fully saturated rings. The van der Waals surface area contributed by atoms with Crippen LogP contribution in [0.4, 0.5) is 0 Å². The first-order valence-electron chi connectivity index (χ1n) is 3.94. The lowest BCUT2D eigenvalue weighted by atomic mass is 10.2. The summed E-state index contributed by atoms with van der Waals surface area (Å²) in [6.07, 6.45) is 6.02. The van der Waals surface area contributed by atoms with Crippen molar-refractivity contribution in [1.29, 1.82) is 0 Å². The van der Waals surface area contributed by atoms with Crippen molar-refractivity contribution in [3.05, 3.63) is 17.7 Å². The molecule has 1 aliphatic rings. The molecule has 0 aromatic carbocycles. The first-order valence-corrected chi connectivity index (χ1v) is 3.94. The molecular weight excluding hydrogens is 251 g/mol. The lowest BCUT2D eigenvalue weighted by Crippen LogP contribution is -3.00. The van der Waals surface area contributed by atoms with Crippen LogP contribution in [0.2, 0.25) is 0 Å². The quantitative estimate of drug-likeness (QED) is 0.411. The minimum absolute atomic E-state index is 0. The number of aryl methyl sites for hydroxylation is 2. The summed E-state index contributed by atoms with van der Waals surface area (Å²) >= 11 is 0. The average Bonchev–Trinajstić information content (AvgIpc) is 2.34. The third-order valence-electron chi connectivity index (χ3n) is 2.24. The van der Waals surface area contributed by atoms with Crippen molar-refractivity contribution in [2.24, 2.45) is 0 Å². The maximum Gasteiger partial charge on any atom is 0.254 e. The number of fused-ring (bicyclic) bond motifs is 1. The van der Waals surface area contributed by atoms with Crippen molar-refractivity contribution in [3.63, 3.8) is 0 Å². The SMILES string of the molecule is Cc1c[nH]c2[n+]1CCCC2.[I-]. The Morgan fingerprint density at radius 3 is 3.00 bits per heavy atom. The topological polar surface area (TPSA) is 19.7 Å². The van der Waals surface area contributed by atoms with Gasteiger partial charge in [-0.3, -0.25) is 0 Å². The van der Waals surface area contributed by atoms with Crippen LogP contribution in [-0.2, 0) is 13.0 Å². The van der Waals surface area contributed by atoms with Crippen LogP contribution < -0.4 is 28.5 Å². The fraction of sp³-hybridized carbons (Fsp3) is 0.625. The van der Waals surface area contributed by atoms with Crippen molar-refractivity contribution < 1.29 is 28.5 Å². The highest BCUT2D eigenvalue weighted by Gasteiger charge is 2.17. The minimum Gasteiger partial charge on any atom is -1.00 e. The van der Waals surface area contributed by atoms with Gasteiger partial charge in [-0.15, -0.1) is 0 Å². The highest BCUT2D eigenvalue weighted by atomic mass is 127. The predicted molar refractivity (Wildman–Crippen MR) is 38.7 cm³/mol. The van der Waals surface area contributed by atoms with Crippen LogP contribution in [-0.4, -0.2) is 4.98 Å². The van der Waals surface area contributed by atoms with Crippen LogP contribution in [0.15, 0.2) is 6.20 Å². The molecule has 0 aliphatic carbocycles. The second kappa shape index (κ2) is 3.56. The fourth-order valence-corrected chi connectivity index (χ4v) is 1.64. The highest BCUT2D eigenvalue weighted by Crippen LogP contribution is 2.06. The van der Waals surface area contributed by atoms with E-state index in [1.807, 2.05) is 0 Å². The minimum atomic E-state index is 0. The van der Waals surface area contributed by atoms with E-state index in [1.54, 1.807) is 0 Å². The zero-order chi connectivity index (χ0) is 6.97. The summed E-state index contributed by atoms with van der Waals surface area (Å²) in [4.78, 5) is 3.29. The van der Waals surface area contributed by atoms with E-state index >= 15 is 0 Å². The van der Waals surface area contributed by atoms with E-state index in [1.165, 1.54) is 37.3 Å². The van der Waals surface area contributed by atoms with E-state index in [0.29, 0.717) is 0 Å². The van der Waals surface area contributed by atoms with E-state index in [2.05, 4.69) is 22.7 Å². The van der Waals surface area contributed by atoms with Gasteiger partial charge in [-0.25, -0.2) is 9.55 Å². The van der Waals surface area contributed by atoms with Gasteiger partial charge in [-0.2, -0.15) is 0 Å². The molecule has 0 atom stereocenters. The summed E-state index contributed by atoms with van der Waals surface area (Å²) in [5.74, 6) is 1.41. The number of rotatable bonds is 0. The van der Waals surface area contributed by atoms with E-state index in [0.717, 1.165) is 0 Å². The second-order valence-electron chi connectivity index (χ2n) is 2.99. The molecule has 2 heterocycles. The zero-order valence-corrected chi connectivity index (χ0v) is 8.89. The Kier molecular flexibility index (Phi) is 2.92. The molecule has 1 N–H and O–H groups in total. The molecule has 0 unspecified atom stereocenters. The Balaban J connectivity index is 0.000000605. The van der Waals surface area contributed by atoms with Gasteiger partial charge in [0.05, 0.1) is 6.54 Å². The Morgan fingerprint density at radius 1 is 1.45 bits per heavy atom. The van der Waals surface area contributed by atoms with Crippen molar-refractivity contribution in [2.75, 3.05) is 0 Å². The maximum atomic E-state index is 3.29. The lowest BCUT2D eigenvalue weighted by molar-refractivity contribution is -0.713. The number of nitrogens with zero attached hydrogens (tertiary/aromatic N) is 1. The molecule has 0 bridgehead atoms. The van der Waals surface area contributed by atoms with Gasteiger partial charge in [0.1, 0.15) is 11.9 Å². The summed E-state index contributed by atoms with van der Waals surface area (Å²) in [6, 6.07) is 0. The number of H-pyrrole nitrogens is 1. The van der Waals surface area contributed by atoms with Crippen LogP contribution in [0.5, 0.6) is 0 Å². The maximum absolute atomic E-state index is 3.29. The van der Waals surface area contributed by atoms with Crippen LogP contribution >= 0.6 is 0 Å². The fourth-order valence-electron chi connectivity index (χ4n) is 1.64. The molecule has 0 spiro atoms. The van der Waals surface area contributed by atoms with Gasteiger partial charge in [-0.05, 0) is 12.8 Å². The molecule has 1 aliphatic heterocycles. The first kappa shape index (κ1) is 9.03. The van der Waals surface area contributed by atoms with E-state index in [4.69, 9.17) is 0 Å². The Hall–Kier alpha value is -0.0600. The smallest absolute Gasteiger partial charge is 0.254 e. The molecular formula is C8H13IN2. The molecule has 1 aromatic heterocycles. The van der Waals surface area contributed by atoms with Gasteiger partial charge in [0.15, 0.2) is 0 Å². The molecule has 3 heteroatoms. The van der Waals surface area contributed by atoms with Crippen LogP contribution in [0.1, 0.15) is 24.4 Å². The molecule has 2 nitrogen and oxygen atoms in total. The summed E-state index contributed by atoms with van der Waals surface area (Å²) in [5, 5.41) is 0. The molecule has 1 aromatic rings. The Morgan fingerprint density at radius 2 is 2.27 bits per heavy atom. The van der Waals surface area contributed by atoms with Gasteiger partial charge >= 0.3 is 0 Å². The number of hydrogen-bond donors (Lipinski definition) is 1. The summed E-state index contributed by atoms with van der Waals surface area (Å²) in [7, 11) is 0. The molecule has 0 radical (unpaired) electrons. The predicted octanol–water partition coefficient (Wildman–Crippen LogP) is -2.05. The van der Waals surface area contributed by atoms with Crippen LogP contribution in [0.3, 0.4) is 0 Å². The van der Waals surface area contributed by atoms with Gasteiger partial charge in [-0.1, -0.05) is 0 Å². The number of aromatic nitrogens is 2. The number of nitrogens with one attached hydrogen (secondary N) is 1. The van der Waals surface area contributed by atoms with Crippen molar-refractivity contribution in [3.8, 4) is 0 Å². The van der Waals surface area contributed by atoms with Gasteiger partial charge in [0, 0.05) is 13.3 Å². The monoisotopic (exact) mass is 264 g/mol. The molecule has 62 valence electrons. The third kappa shape index (κ3) is 1.58. The molecule has 0 saturated carbocycles. The number of halogens is 1. The van der Waals surface area contributed by atoms with Crippen LogP contribution in [0, 0.1) is 6.92 Å². The lowest BCUT2D eigenvalue weighted by Gasteiger charge is -2.07. The van der Waals surface area contributed by atoms with Crippen LogP contribution in [0.25, 0.3) is 0 Å². The Bertz CT molecular complexity index is 242. The number of aromatic amines is 1. The van der Waals surface area contributed by atoms with Gasteiger partial charge < -0.3 is 24.0 Å². The summed E-state index contributed by atoms with van der Waals surface area (Å²) in [6.45, 7) is 3.37. The molecule has 0 saturated heterocycles. The largest absolute Gasteiger partial charge is 1.00 e. The molecule has 2 rings (SSSR count). The van der Waals surface area contributed by atoms with Gasteiger partial charge in [0.2, 0.25) is 0 Å². The first-order chi connectivity index (χ1) is 4.88. The second-order valence-corrected chi connectivity index (χ2v) is 2.99. The van der Waals surface area contributed by atoms with E-state index in [9.17, 15) is 0 Å². The number of imidazole rings is 1. The summed E-state index contributed by atoms with van der Waals surface area (Å²) in [5.41, 5.74) is 1.37. The Labute approximate surface area is 84.0 Å². The molecule has 0 amide bonds. The van der Waals surface area contributed by atoms with Gasteiger partial charge in [0.25, 0.3) is 5.82 Å². The van der Waals surface area contributed by atoms with Crippen molar-refractivity contribution in [2.45, 2.75) is 32.7 Å².